The molecular formula is C14H12N2O2S. The highest BCUT2D eigenvalue weighted by Crippen LogP contribution is 2.31. The summed E-state index contributed by atoms with van der Waals surface area (Å²) in [5.74, 6) is -0.146. The van der Waals surface area contributed by atoms with Gasteiger partial charge in [-0.3, -0.25) is 0 Å². The first-order chi connectivity index (χ1) is 9.18. The van der Waals surface area contributed by atoms with Gasteiger partial charge in [0.2, 0.25) is 0 Å². The average molecular weight is 272 g/mol. The van der Waals surface area contributed by atoms with Crippen molar-refractivity contribution in [2.75, 3.05) is 0 Å². The van der Waals surface area contributed by atoms with Crippen LogP contribution in [0.4, 0.5) is 0 Å². The van der Waals surface area contributed by atoms with E-state index in [2.05, 4.69) is 4.98 Å². The van der Waals surface area contributed by atoms with Crippen LogP contribution < -0.4 is 0 Å². The first kappa shape index (κ1) is 11.9. The number of para-hydroxylation sites is 2. The van der Waals surface area contributed by atoms with Crippen molar-refractivity contribution in [3.8, 4) is 10.7 Å². The Balaban J connectivity index is 2.32. The second-order valence-corrected chi connectivity index (χ2v) is 5.23. The van der Waals surface area contributed by atoms with Gasteiger partial charge in [0.1, 0.15) is 6.04 Å². The van der Waals surface area contributed by atoms with Gasteiger partial charge in [-0.2, -0.15) is 0 Å². The molecule has 0 radical (unpaired) electrons. The van der Waals surface area contributed by atoms with Gasteiger partial charge in [0.15, 0.2) is 5.82 Å². The molecule has 2 aromatic heterocycles. The molecule has 0 aliphatic heterocycles. The lowest BCUT2D eigenvalue weighted by molar-refractivity contribution is -0.140. The van der Waals surface area contributed by atoms with Crippen molar-refractivity contribution in [3.63, 3.8) is 0 Å². The van der Waals surface area contributed by atoms with E-state index in [1.807, 2.05) is 41.8 Å². The maximum atomic E-state index is 11.3. The lowest BCUT2D eigenvalue weighted by Crippen LogP contribution is -2.16. The van der Waals surface area contributed by atoms with E-state index >= 15 is 0 Å². The van der Waals surface area contributed by atoms with Crippen molar-refractivity contribution in [1.82, 2.24) is 9.55 Å². The molecule has 1 atom stereocenters. The van der Waals surface area contributed by atoms with Crippen molar-refractivity contribution in [3.05, 3.63) is 41.8 Å². The van der Waals surface area contributed by atoms with Gasteiger partial charge >= 0.3 is 5.97 Å². The summed E-state index contributed by atoms with van der Waals surface area (Å²) in [4.78, 5) is 16.9. The highest BCUT2D eigenvalue weighted by Gasteiger charge is 2.21. The zero-order valence-corrected chi connectivity index (χ0v) is 11.1. The highest BCUT2D eigenvalue weighted by atomic mass is 32.1. The van der Waals surface area contributed by atoms with E-state index in [0.29, 0.717) is 5.82 Å². The van der Waals surface area contributed by atoms with Crippen molar-refractivity contribution in [2.24, 2.45) is 0 Å². The SMILES string of the molecule is CC(C(=O)O)n1c(-c2cccs2)nc2ccccc21. The van der Waals surface area contributed by atoms with Crippen molar-refractivity contribution in [1.29, 1.82) is 0 Å². The van der Waals surface area contributed by atoms with E-state index in [9.17, 15) is 9.90 Å². The first-order valence-corrected chi connectivity index (χ1v) is 6.80. The number of hydrogen-bond donors (Lipinski definition) is 1. The van der Waals surface area contributed by atoms with Crippen LogP contribution in [-0.2, 0) is 4.79 Å². The Kier molecular flexibility index (Phi) is 2.83. The highest BCUT2D eigenvalue weighted by molar-refractivity contribution is 7.13. The zero-order chi connectivity index (χ0) is 13.4. The van der Waals surface area contributed by atoms with E-state index in [1.54, 1.807) is 22.8 Å². The predicted molar refractivity (Wildman–Crippen MR) is 75.4 cm³/mol. The molecular weight excluding hydrogens is 260 g/mol. The third-order valence-electron chi connectivity index (χ3n) is 3.08. The Hall–Kier alpha value is -2.14. The Labute approximate surface area is 113 Å². The van der Waals surface area contributed by atoms with Crippen LogP contribution in [-0.4, -0.2) is 20.6 Å². The average Bonchev–Trinajstić information content (AvgIpc) is 3.04. The number of imidazole rings is 1. The normalized spacial score (nSPS) is 12.7. The minimum absolute atomic E-state index is 0.649. The van der Waals surface area contributed by atoms with Crippen LogP contribution in [0.2, 0.25) is 0 Å². The van der Waals surface area contributed by atoms with Crippen LogP contribution in [0.1, 0.15) is 13.0 Å². The third-order valence-corrected chi connectivity index (χ3v) is 3.95. The number of nitrogens with zero attached hydrogens (tertiary/aromatic N) is 2. The number of aromatic nitrogens is 2. The fourth-order valence-electron chi connectivity index (χ4n) is 2.13. The number of carboxylic acids is 1. The summed E-state index contributed by atoms with van der Waals surface area (Å²) in [6.45, 7) is 1.67. The molecule has 0 saturated heterocycles. The molecule has 3 aromatic rings. The Morgan fingerprint density at radius 3 is 2.79 bits per heavy atom. The Morgan fingerprint density at radius 2 is 2.11 bits per heavy atom. The van der Waals surface area contributed by atoms with E-state index < -0.39 is 12.0 Å². The lowest BCUT2D eigenvalue weighted by atomic mass is 10.2. The quantitative estimate of drug-likeness (QED) is 0.795. The van der Waals surface area contributed by atoms with Crippen LogP contribution in [0.15, 0.2) is 41.8 Å². The maximum Gasteiger partial charge on any atom is 0.326 e. The molecule has 0 fully saturated rings. The fourth-order valence-corrected chi connectivity index (χ4v) is 2.84. The number of carbonyl (C=O) groups is 1. The first-order valence-electron chi connectivity index (χ1n) is 5.92. The molecule has 96 valence electrons. The molecule has 1 aromatic carbocycles. The number of rotatable bonds is 3. The largest absolute Gasteiger partial charge is 0.480 e. The number of hydrogen-bond acceptors (Lipinski definition) is 3. The molecule has 5 heteroatoms. The number of aliphatic carboxylic acids is 1. The number of carboxylic acid groups (broad SMARTS) is 1. The Morgan fingerprint density at radius 1 is 1.32 bits per heavy atom. The van der Waals surface area contributed by atoms with Crippen LogP contribution in [0.5, 0.6) is 0 Å². The Bertz CT molecular complexity index is 731. The minimum atomic E-state index is -0.860. The van der Waals surface area contributed by atoms with Crippen LogP contribution in [0.25, 0.3) is 21.7 Å². The van der Waals surface area contributed by atoms with Gasteiger partial charge in [-0.25, -0.2) is 9.78 Å². The summed E-state index contributed by atoms with van der Waals surface area (Å²) in [5, 5.41) is 11.3. The van der Waals surface area contributed by atoms with Crippen LogP contribution in [0, 0.1) is 0 Å². The zero-order valence-electron chi connectivity index (χ0n) is 10.3. The standard InChI is InChI=1S/C14H12N2O2S/c1-9(14(17)18)16-11-6-3-2-5-10(11)15-13(16)12-7-4-8-19-12/h2-9H,1H3,(H,17,18). The van der Waals surface area contributed by atoms with Crippen LogP contribution in [0.3, 0.4) is 0 Å². The van der Waals surface area contributed by atoms with Gasteiger partial charge in [0, 0.05) is 0 Å². The lowest BCUT2D eigenvalue weighted by Gasteiger charge is -2.12. The number of thiophene rings is 1. The van der Waals surface area contributed by atoms with Crippen LogP contribution >= 0.6 is 11.3 Å². The van der Waals surface area contributed by atoms with Crippen molar-refractivity contribution >= 4 is 28.3 Å². The topological polar surface area (TPSA) is 55.1 Å². The van der Waals surface area contributed by atoms with Crippen molar-refractivity contribution < 1.29 is 9.90 Å². The second-order valence-electron chi connectivity index (χ2n) is 4.29. The monoisotopic (exact) mass is 272 g/mol. The van der Waals surface area contributed by atoms with Crippen molar-refractivity contribution in [2.45, 2.75) is 13.0 Å². The smallest absolute Gasteiger partial charge is 0.326 e. The summed E-state index contributed by atoms with van der Waals surface area (Å²) in [7, 11) is 0. The van der Waals surface area contributed by atoms with Gasteiger partial charge in [-0.1, -0.05) is 18.2 Å². The molecule has 4 nitrogen and oxygen atoms in total. The molecule has 3 rings (SSSR count). The molecule has 1 unspecified atom stereocenters. The summed E-state index contributed by atoms with van der Waals surface area (Å²) >= 11 is 1.56. The van der Waals surface area contributed by atoms with Gasteiger partial charge in [0.05, 0.1) is 15.9 Å². The summed E-state index contributed by atoms with van der Waals surface area (Å²) in [6, 6.07) is 10.9. The van der Waals surface area contributed by atoms with Gasteiger partial charge in [-0.05, 0) is 30.5 Å². The summed E-state index contributed by atoms with van der Waals surface area (Å²) in [6.07, 6.45) is 0. The summed E-state index contributed by atoms with van der Waals surface area (Å²) in [5.41, 5.74) is 1.67. The van der Waals surface area contributed by atoms with E-state index in [0.717, 1.165) is 15.9 Å². The molecule has 0 spiro atoms. The number of fused-ring (bicyclic) bond motifs is 1. The summed E-state index contributed by atoms with van der Waals surface area (Å²) < 4.78 is 1.78. The van der Waals surface area contributed by atoms with Gasteiger partial charge in [-0.15, -0.1) is 11.3 Å². The van der Waals surface area contributed by atoms with Gasteiger partial charge < -0.3 is 9.67 Å². The van der Waals surface area contributed by atoms with E-state index in [4.69, 9.17) is 0 Å². The fraction of sp³-hybridized carbons (Fsp3) is 0.143. The van der Waals surface area contributed by atoms with E-state index in [1.165, 1.54) is 0 Å². The molecule has 0 bridgehead atoms. The van der Waals surface area contributed by atoms with Gasteiger partial charge in [0.25, 0.3) is 0 Å². The van der Waals surface area contributed by atoms with E-state index in [-0.39, 0.29) is 0 Å². The third kappa shape index (κ3) is 1.92. The molecule has 1 N–H and O–H groups in total. The second kappa shape index (κ2) is 4.51. The maximum absolute atomic E-state index is 11.3. The molecule has 0 aliphatic carbocycles. The molecule has 2 heterocycles. The number of benzene rings is 1. The molecule has 19 heavy (non-hydrogen) atoms. The minimum Gasteiger partial charge on any atom is -0.480 e. The molecule has 0 aliphatic rings. The molecule has 0 amide bonds. The predicted octanol–water partition coefficient (Wildman–Crippen LogP) is 3.41. The molecule has 0 saturated carbocycles.